The minimum absolute atomic E-state index is 0.0513. The van der Waals surface area contributed by atoms with E-state index in [9.17, 15) is 9.59 Å². The van der Waals surface area contributed by atoms with Gasteiger partial charge < -0.3 is 10.3 Å². The summed E-state index contributed by atoms with van der Waals surface area (Å²) in [7, 11) is 0. The number of carbonyl (C=O) groups excluding carboxylic acids is 2. The van der Waals surface area contributed by atoms with Crippen LogP contribution in [0.5, 0.6) is 0 Å². The van der Waals surface area contributed by atoms with Crippen molar-refractivity contribution >= 4 is 34.5 Å². The average Bonchev–Trinajstić information content (AvgIpc) is 3.04. The second kappa shape index (κ2) is 6.87. The number of ketones is 1. The molecule has 2 aromatic heterocycles. The van der Waals surface area contributed by atoms with Crippen molar-refractivity contribution in [1.82, 2.24) is 9.97 Å². The largest absolute Gasteiger partial charge is 0.354 e. The summed E-state index contributed by atoms with van der Waals surface area (Å²) in [6, 6.07) is 18.9. The Hall–Kier alpha value is -3.99. The molecule has 0 saturated carbocycles. The van der Waals surface area contributed by atoms with E-state index in [2.05, 4.69) is 15.3 Å². The zero-order valence-electron chi connectivity index (χ0n) is 15.5. The van der Waals surface area contributed by atoms with Crippen molar-refractivity contribution < 1.29 is 9.59 Å². The van der Waals surface area contributed by atoms with Crippen molar-refractivity contribution in [3.05, 3.63) is 89.6 Å². The molecule has 1 amide bonds. The number of para-hydroxylation sites is 1. The van der Waals surface area contributed by atoms with Gasteiger partial charge in [0.25, 0.3) is 0 Å². The molecule has 4 aromatic rings. The number of anilines is 1. The number of pyridine rings is 1. The zero-order valence-corrected chi connectivity index (χ0v) is 15.5. The lowest BCUT2D eigenvalue weighted by Gasteiger charge is -2.04. The van der Waals surface area contributed by atoms with Gasteiger partial charge >= 0.3 is 0 Å². The Bertz CT molecular complexity index is 1290. The van der Waals surface area contributed by atoms with Gasteiger partial charge in [0, 0.05) is 22.7 Å². The number of aromatic nitrogens is 2. The summed E-state index contributed by atoms with van der Waals surface area (Å²) in [5.41, 5.74) is 5.13. The van der Waals surface area contributed by atoms with Crippen LogP contribution in [-0.4, -0.2) is 21.7 Å². The SMILES string of the molecule is O=C1Cc2c([nH]c3c(/C=C/C(=O)c4ccccc4)cccc23)-c2cccnc2N1. The number of carbonyl (C=O) groups is 2. The maximum atomic E-state index is 12.4. The van der Waals surface area contributed by atoms with Crippen molar-refractivity contribution in [3.8, 4) is 11.3 Å². The van der Waals surface area contributed by atoms with E-state index in [1.807, 2.05) is 54.6 Å². The second-order valence-corrected chi connectivity index (χ2v) is 6.94. The number of nitrogens with zero attached hydrogens (tertiary/aromatic N) is 1. The topological polar surface area (TPSA) is 74.8 Å². The summed E-state index contributed by atoms with van der Waals surface area (Å²) in [6.07, 6.45) is 5.33. The number of rotatable bonds is 3. The highest BCUT2D eigenvalue weighted by Crippen LogP contribution is 2.37. The Morgan fingerprint density at radius 2 is 1.86 bits per heavy atom. The van der Waals surface area contributed by atoms with Gasteiger partial charge in [0.1, 0.15) is 5.82 Å². The molecule has 5 rings (SSSR count). The van der Waals surface area contributed by atoms with Crippen LogP contribution in [-0.2, 0) is 11.2 Å². The Kier molecular flexibility index (Phi) is 4.06. The first-order valence-electron chi connectivity index (χ1n) is 9.37. The quantitative estimate of drug-likeness (QED) is 0.403. The predicted molar refractivity (Wildman–Crippen MR) is 114 cm³/mol. The number of benzene rings is 2. The molecule has 29 heavy (non-hydrogen) atoms. The van der Waals surface area contributed by atoms with Crippen LogP contribution in [0.3, 0.4) is 0 Å². The van der Waals surface area contributed by atoms with Crippen molar-refractivity contribution in [2.45, 2.75) is 6.42 Å². The van der Waals surface area contributed by atoms with Crippen molar-refractivity contribution in [3.63, 3.8) is 0 Å². The summed E-state index contributed by atoms with van der Waals surface area (Å²) in [5.74, 6) is 0.411. The van der Waals surface area contributed by atoms with Gasteiger partial charge in [-0.05, 0) is 35.4 Å². The molecule has 140 valence electrons. The molecular weight excluding hydrogens is 362 g/mol. The number of hydrogen-bond acceptors (Lipinski definition) is 3. The Labute approximate surface area is 167 Å². The fourth-order valence-electron chi connectivity index (χ4n) is 3.76. The third kappa shape index (κ3) is 3.02. The summed E-state index contributed by atoms with van der Waals surface area (Å²) in [4.78, 5) is 32.6. The molecule has 3 heterocycles. The van der Waals surface area contributed by atoms with E-state index in [0.717, 1.165) is 33.3 Å². The Balaban J connectivity index is 1.62. The normalized spacial score (nSPS) is 13.0. The standard InChI is InChI=1S/C24H17N3O2/c28-20(15-6-2-1-3-7-15)12-11-16-8-4-9-17-19-14-21(29)26-24-18(10-5-13-25-24)23(19)27-22(16)17/h1-13,27H,14H2,(H,25,26,29)/b12-11+. The molecule has 0 unspecified atom stereocenters. The Morgan fingerprint density at radius 3 is 2.72 bits per heavy atom. The fraction of sp³-hybridized carbons (Fsp3) is 0.0417. The third-order valence-corrected chi connectivity index (χ3v) is 5.12. The predicted octanol–water partition coefficient (Wildman–Crippen LogP) is 4.62. The van der Waals surface area contributed by atoms with Crippen LogP contribution < -0.4 is 5.32 Å². The molecule has 0 bridgehead atoms. The third-order valence-electron chi connectivity index (χ3n) is 5.12. The molecule has 1 aliphatic heterocycles. The summed E-state index contributed by atoms with van der Waals surface area (Å²) in [6.45, 7) is 0. The highest BCUT2D eigenvalue weighted by molar-refractivity contribution is 6.09. The van der Waals surface area contributed by atoms with E-state index >= 15 is 0 Å². The van der Waals surface area contributed by atoms with E-state index < -0.39 is 0 Å². The van der Waals surface area contributed by atoms with Crippen LogP contribution in [0.2, 0.25) is 0 Å². The van der Waals surface area contributed by atoms with Gasteiger partial charge in [-0.25, -0.2) is 4.98 Å². The minimum atomic E-state index is -0.0928. The van der Waals surface area contributed by atoms with Crippen LogP contribution in [0.15, 0.2) is 72.9 Å². The molecule has 5 nitrogen and oxygen atoms in total. The number of aromatic amines is 1. The van der Waals surface area contributed by atoms with Crippen molar-refractivity contribution in [2.75, 3.05) is 5.32 Å². The number of allylic oxidation sites excluding steroid dienone is 1. The molecule has 0 aliphatic carbocycles. The molecule has 0 fully saturated rings. The number of hydrogen-bond donors (Lipinski definition) is 2. The molecule has 2 aromatic carbocycles. The second-order valence-electron chi connectivity index (χ2n) is 6.94. The first kappa shape index (κ1) is 17.1. The van der Waals surface area contributed by atoms with Gasteiger partial charge in [-0.2, -0.15) is 0 Å². The molecule has 0 radical (unpaired) electrons. The van der Waals surface area contributed by atoms with Gasteiger partial charge in [0.2, 0.25) is 5.91 Å². The van der Waals surface area contributed by atoms with Gasteiger partial charge in [0.15, 0.2) is 5.78 Å². The smallest absolute Gasteiger partial charge is 0.230 e. The number of amides is 1. The maximum absolute atomic E-state index is 12.4. The first-order chi connectivity index (χ1) is 14.2. The van der Waals surface area contributed by atoms with Crippen molar-refractivity contribution in [2.24, 2.45) is 0 Å². The van der Waals surface area contributed by atoms with Gasteiger partial charge in [-0.15, -0.1) is 0 Å². The average molecular weight is 379 g/mol. The van der Waals surface area contributed by atoms with Crippen LogP contribution >= 0.6 is 0 Å². The van der Waals surface area contributed by atoms with Crippen LogP contribution in [0.25, 0.3) is 28.2 Å². The number of fused-ring (bicyclic) bond motifs is 5. The molecule has 0 saturated heterocycles. The molecule has 5 heteroatoms. The van der Waals surface area contributed by atoms with Crippen LogP contribution in [0.1, 0.15) is 21.5 Å². The van der Waals surface area contributed by atoms with Gasteiger partial charge in [-0.3, -0.25) is 9.59 Å². The highest BCUT2D eigenvalue weighted by Gasteiger charge is 2.23. The van der Waals surface area contributed by atoms with Crippen LogP contribution in [0, 0.1) is 0 Å². The summed E-state index contributed by atoms with van der Waals surface area (Å²) in [5, 5.41) is 3.84. The van der Waals surface area contributed by atoms with E-state index in [-0.39, 0.29) is 18.1 Å². The lowest BCUT2D eigenvalue weighted by atomic mass is 10.0. The molecule has 1 aliphatic rings. The number of nitrogens with one attached hydrogen (secondary N) is 2. The van der Waals surface area contributed by atoms with E-state index in [1.54, 1.807) is 24.4 Å². The maximum Gasteiger partial charge on any atom is 0.230 e. The zero-order chi connectivity index (χ0) is 19.8. The highest BCUT2D eigenvalue weighted by atomic mass is 16.1. The molecular formula is C24H17N3O2. The van der Waals surface area contributed by atoms with Gasteiger partial charge in [0.05, 0.1) is 17.6 Å². The van der Waals surface area contributed by atoms with Crippen molar-refractivity contribution in [1.29, 1.82) is 0 Å². The first-order valence-corrected chi connectivity index (χ1v) is 9.37. The molecule has 0 atom stereocenters. The molecule has 0 spiro atoms. The fourth-order valence-corrected chi connectivity index (χ4v) is 3.76. The summed E-state index contributed by atoms with van der Waals surface area (Å²) >= 11 is 0. The summed E-state index contributed by atoms with van der Waals surface area (Å²) < 4.78 is 0. The van der Waals surface area contributed by atoms with E-state index in [1.165, 1.54) is 0 Å². The van der Waals surface area contributed by atoms with Gasteiger partial charge in [-0.1, -0.05) is 48.5 Å². The number of H-pyrrole nitrogens is 1. The Morgan fingerprint density at radius 1 is 1.00 bits per heavy atom. The molecule has 2 N–H and O–H groups in total. The minimum Gasteiger partial charge on any atom is -0.354 e. The van der Waals surface area contributed by atoms with E-state index in [4.69, 9.17) is 0 Å². The van der Waals surface area contributed by atoms with Crippen LogP contribution in [0.4, 0.5) is 5.82 Å². The lowest BCUT2D eigenvalue weighted by Crippen LogP contribution is -2.13. The lowest BCUT2D eigenvalue weighted by molar-refractivity contribution is -0.115. The van der Waals surface area contributed by atoms with E-state index in [0.29, 0.717) is 11.4 Å². The monoisotopic (exact) mass is 379 g/mol.